The summed E-state index contributed by atoms with van der Waals surface area (Å²) in [5.41, 5.74) is 3.65. The van der Waals surface area contributed by atoms with Crippen LogP contribution in [-0.4, -0.2) is 23.6 Å². The molecule has 152 valence electrons. The first-order chi connectivity index (χ1) is 13.4. The lowest BCUT2D eigenvalue weighted by Gasteiger charge is -2.30. The lowest BCUT2D eigenvalue weighted by molar-refractivity contribution is -0.190. The summed E-state index contributed by atoms with van der Waals surface area (Å²) < 4.78 is 41.8. The van der Waals surface area contributed by atoms with Gasteiger partial charge in [-0.25, -0.2) is 5.01 Å². The van der Waals surface area contributed by atoms with E-state index in [1.54, 1.807) is 18.2 Å². The first kappa shape index (κ1) is 20.6. The summed E-state index contributed by atoms with van der Waals surface area (Å²) in [6.07, 6.45) is 2.22. The Labute approximate surface area is 163 Å². The number of benzene rings is 2. The molecule has 1 N–H and O–H groups in total. The third kappa shape index (κ3) is 4.66. The summed E-state index contributed by atoms with van der Waals surface area (Å²) in [6.45, 7) is 2.22. The second-order valence-corrected chi connectivity index (χ2v) is 7.45. The number of nitrogens with zero attached hydrogens (tertiary/aromatic N) is 1. The lowest BCUT2D eigenvalue weighted by atomic mass is 9.92. The average molecular weight is 392 g/mol. The maximum absolute atomic E-state index is 13.9. The van der Waals surface area contributed by atoms with Gasteiger partial charge in [0.2, 0.25) is 5.91 Å². The third-order valence-corrected chi connectivity index (χ3v) is 5.36. The largest absolute Gasteiger partial charge is 0.409 e. The molecule has 0 unspecified atom stereocenters. The van der Waals surface area contributed by atoms with Crippen molar-refractivity contribution in [2.45, 2.75) is 64.1 Å². The van der Waals surface area contributed by atoms with E-state index in [1.807, 2.05) is 18.2 Å². The fraction of sp³-hybridized carbons (Fsp3) is 0.500. The molecule has 6 heteroatoms. The van der Waals surface area contributed by atoms with Gasteiger partial charge >= 0.3 is 6.18 Å². The van der Waals surface area contributed by atoms with E-state index in [0.29, 0.717) is 5.39 Å². The molecule has 3 nitrogen and oxygen atoms in total. The number of aryl methyl sites for hydroxylation is 1. The van der Waals surface area contributed by atoms with Gasteiger partial charge < -0.3 is 0 Å². The number of hydrazine groups is 1. The molecule has 1 fully saturated rings. The number of unbranched alkanes of at least 4 members (excludes halogenated alkanes) is 4. The van der Waals surface area contributed by atoms with Gasteiger partial charge in [-0.3, -0.25) is 10.2 Å². The number of hydrogen-bond donors (Lipinski definition) is 1. The molecule has 0 aromatic heterocycles. The van der Waals surface area contributed by atoms with Gasteiger partial charge in [0, 0.05) is 13.0 Å². The minimum absolute atomic E-state index is 0.0521. The summed E-state index contributed by atoms with van der Waals surface area (Å²) in [5.74, 6) is -0.373. The zero-order chi connectivity index (χ0) is 20.1. The highest BCUT2D eigenvalue weighted by Crippen LogP contribution is 2.41. The molecule has 1 saturated heterocycles. The molecule has 2 aromatic carbocycles. The van der Waals surface area contributed by atoms with Crippen molar-refractivity contribution in [3.8, 4) is 0 Å². The van der Waals surface area contributed by atoms with Crippen LogP contribution < -0.4 is 5.43 Å². The molecule has 0 bridgehead atoms. The van der Waals surface area contributed by atoms with Crippen molar-refractivity contribution in [1.82, 2.24) is 10.4 Å². The Morgan fingerprint density at radius 1 is 1.04 bits per heavy atom. The molecule has 0 aliphatic carbocycles. The smallest absolute Gasteiger partial charge is 0.288 e. The van der Waals surface area contributed by atoms with Crippen LogP contribution in [0.4, 0.5) is 13.2 Å². The Bertz CT molecular complexity index is 819. The number of hydrogen-bond acceptors (Lipinski definition) is 2. The highest BCUT2D eigenvalue weighted by atomic mass is 19.4. The fourth-order valence-electron chi connectivity index (χ4n) is 3.97. The van der Waals surface area contributed by atoms with Crippen molar-refractivity contribution in [2.24, 2.45) is 0 Å². The third-order valence-electron chi connectivity index (χ3n) is 5.36. The quantitative estimate of drug-likeness (QED) is 0.585. The molecule has 3 rings (SSSR count). The maximum Gasteiger partial charge on any atom is 0.409 e. The van der Waals surface area contributed by atoms with Crippen LogP contribution in [-0.2, 0) is 11.2 Å². The number of alkyl halides is 3. The number of rotatable bonds is 8. The predicted octanol–water partition coefficient (Wildman–Crippen LogP) is 5.69. The van der Waals surface area contributed by atoms with E-state index in [9.17, 15) is 18.0 Å². The number of nitrogens with one attached hydrogen (secondary N) is 1. The van der Waals surface area contributed by atoms with Gasteiger partial charge in [0.05, 0.1) is 0 Å². The van der Waals surface area contributed by atoms with Crippen LogP contribution in [0.15, 0.2) is 36.4 Å². The Hall–Kier alpha value is -2.08. The van der Waals surface area contributed by atoms with Crippen LogP contribution in [0.2, 0.25) is 0 Å². The second kappa shape index (κ2) is 8.95. The van der Waals surface area contributed by atoms with Crippen LogP contribution in [0.3, 0.4) is 0 Å². The highest BCUT2D eigenvalue weighted by Gasteiger charge is 2.47. The summed E-state index contributed by atoms with van der Waals surface area (Å²) in [5, 5.41) is 2.50. The molecule has 2 aromatic rings. The van der Waals surface area contributed by atoms with Crippen molar-refractivity contribution < 1.29 is 18.0 Å². The minimum Gasteiger partial charge on any atom is -0.288 e. The molecule has 28 heavy (non-hydrogen) atoms. The monoisotopic (exact) mass is 392 g/mol. The van der Waals surface area contributed by atoms with E-state index in [-0.39, 0.29) is 24.4 Å². The minimum atomic E-state index is -4.48. The second-order valence-electron chi connectivity index (χ2n) is 7.45. The fourth-order valence-corrected chi connectivity index (χ4v) is 3.97. The van der Waals surface area contributed by atoms with E-state index >= 15 is 0 Å². The number of carbonyl (C=O) groups excluding carboxylic acids is 1. The van der Waals surface area contributed by atoms with E-state index < -0.39 is 12.2 Å². The summed E-state index contributed by atoms with van der Waals surface area (Å²) in [6, 6.07) is 8.86. The Balaban J connectivity index is 1.92. The van der Waals surface area contributed by atoms with Crippen LogP contribution in [0.25, 0.3) is 10.8 Å². The number of amides is 1. The average Bonchev–Trinajstić information content (AvgIpc) is 3.07. The van der Waals surface area contributed by atoms with Gasteiger partial charge in [-0.1, -0.05) is 69.0 Å². The first-order valence-electron chi connectivity index (χ1n) is 10.0. The number of carbonyl (C=O) groups is 1. The van der Waals surface area contributed by atoms with E-state index in [2.05, 4.69) is 12.3 Å². The van der Waals surface area contributed by atoms with Crippen LogP contribution in [0, 0.1) is 0 Å². The molecular weight excluding hydrogens is 365 g/mol. The molecule has 0 saturated carbocycles. The van der Waals surface area contributed by atoms with E-state index in [0.717, 1.165) is 35.2 Å². The van der Waals surface area contributed by atoms with Crippen LogP contribution in [0.5, 0.6) is 0 Å². The Morgan fingerprint density at radius 3 is 2.39 bits per heavy atom. The van der Waals surface area contributed by atoms with Gasteiger partial charge in [-0.15, -0.1) is 0 Å². The topological polar surface area (TPSA) is 32.3 Å². The molecule has 0 spiro atoms. The molecule has 1 aliphatic rings. The zero-order valence-corrected chi connectivity index (χ0v) is 16.2. The highest BCUT2D eigenvalue weighted by molar-refractivity contribution is 5.89. The van der Waals surface area contributed by atoms with Crippen molar-refractivity contribution in [1.29, 1.82) is 0 Å². The van der Waals surface area contributed by atoms with Gasteiger partial charge in [0.25, 0.3) is 0 Å². The normalized spacial score (nSPS) is 16.5. The standard InChI is InChI=1S/C22H27F3N2O/c1-2-3-4-5-6-9-16-12-13-19(18-11-8-7-10-17(16)18)21(22(23,24)25)27-15-14-20(28)26-27/h7-8,10-13,21H,2-6,9,14-15H2,1H3,(H,26,28)/t21-/m0/s1. The Kier molecular flexibility index (Phi) is 6.60. The van der Waals surface area contributed by atoms with Crippen LogP contribution >= 0.6 is 0 Å². The number of halogens is 3. The molecule has 1 heterocycles. The van der Waals surface area contributed by atoms with Gasteiger partial charge in [0.1, 0.15) is 0 Å². The molecule has 1 amide bonds. The van der Waals surface area contributed by atoms with Crippen molar-refractivity contribution in [2.75, 3.05) is 6.54 Å². The summed E-state index contributed by atoms with van der Waals surface area (Å²) in [7, 11) is 0. The predicted molar refractivity (Wildman–Crippen MR) is 105 cm³/mol. The number of fused-ring (bicyclic) bond motifs is 1. The Morgan fingerprint density at radius 2 is 1.75 bits per heavy atom. The van der Waals surface area contributed by atoms with Gasteiger partial charge in [-0.05, 0) is 34.7 Å². The zero-order valence-electron chi connectivity index (χ0n) is 16.2. The molecule has 0 radical (unpaired) electrons. The summed E-state index contributed by atoms with van der Waals surface area (Å²) in [4.78, 5) is 11.5. The molecule has 1 atom stereocenters. The van der Waals surface area contributed by atoms with Gasteiger partial charge in [0.15, 0.2) is 6.04 Å². The molecule has 1 aliphatic heterocycles. The summed E-state index contributed by atoms with van der Waals surface area (Å²) >= 11 is 0. The van der Waals surface area contributed by atoms with Crippen molar-refractivity contribution >= 4 is 16.7 Å². The first-order valence-corrected chi connectivity index (χ1v) is 10.0. The van der Waals surface area contributed by atoms with E-state index in [1.165, 1.54) is 19.3 Å². The van der Waals surface area contributed by atoms with Gasteiger partial charge in [-0.2, -0.15) is 13.2 Å². The van der Waals surface area contributed by atoms with Crippen molar-refractivity contribution in [3.63, 3.8) is 0 Å². The molecular formula is C22H27F3N2O. The van der Waals surface area contributed by atoms with E-state index in [4.69, 9.17) is 0 Å². The lowest BCUT2D eigenvalue weighted by Crippen LogP contribution is -2.43. The SMILES string of the molecule is CCCCCCCc1ccc([C@H](N2CCC(=O)N2)C(F)(F)F)c2ccccc12. The van der Waals surface area contributed by atoms with Crippen LogP contribution in [0.1, 0.15) is 62.6 Å². The van der Waals surface area contributed by atoms with Crippen molar-refractivity contribution in [3.05, 3.63) is 47.5 Å². The maximum atomic E-state index is 13.9.